The van der Waals surface area contributed by atoms with Gasteiger partial charge in [0.25, 0.3) is 5.91 Å². The summed E-state index contributed by atoms with van der Waals surface area (Å²) in [4.78, 5) is 12.4. The molecule has 3 rings (SSSR count). The van der Waals surface area contributed by atoms with Crippen molar-refractivity contribution in [3.63, 3.8) is 0 Å². The Labute approximate surface area is 149 Å². The molecule has 1 N–H and O–H groups in total. The van der Waals surface area contributed by atoms with E-state index >= 15 is 0 Å². The molecule has 0 aliphatic rings. The smallest absolute Gasteiger partial charge is 0.273 e. The van der Waals surface area contributed by atoms with Gasteiger partial charge >= 0.3 is 0 Å². The van der Waals surface area contributed by atoms with Gasteiger partial charge in [0.2, 0.25) is 0 Å². The van der Waals surface area contributed by atoms with Crippen molar-refractivity contribution in [1.82, 2.24) is 9.99 Å². The maximum atomic E-state index is 12.4. The van der Waals surface area contributed by atoms with Crippen LogP contribution in [-0.2, 0) is 0 Å². The van der Waals surface area contributed by atoms with E-state index in [1.54, 1.807) is 30.3 Å². The van der Waals surface area contributed by atoms with E-state index in [0.717, 1.165) is 5.69 Å². The molecule has 120 valence electrons. The van der Waals surface area contributed by atoms with Gasteiger partial charge in [-0.15, -0.1) is 0 Å². The van der Waals surface area contributed by atoms with Crippen LogP contribution < -0.4 is 5.43 Å². The number of carbonyl (C=O) groups is 1. The van der Waals surface area contributed by atoms with Crippen LogP contribution in [0.4, 0.5) is 0 Å². The molecule has 0 fully saturated rings. The van der Waals surface area contributed by atoms with Gasteiger partial charge in [-0.25, -0.2) is 5.43 Å². The second-order valence-electron chi connectivity index (χ2n) is 4.94. The average molecular weight is 358 g/mol. The van der Waals surface area contributed by atoms with Crippen LogP contribution in [0.2, 0.25) is 10.0 Å². The van der Waals surface area contributed by atoms with Gasteiger partial charge in [0, 0.05) is 18.0 Å². The Hall–Kier alpha value is -2.56. The number of amides is 1. The number of para-hydroxylation sites is 1. The van der Waals surface area contributed by atoms with Crippen LogP contribution in [0, 0.1) is 0 Å². The second kappa shape index (κ2) is 7.34. The topological polar surface area (TPSA) is 46.4 Å². The summed E-state index contributed by atoms with van der Waals surface area (Å²) in [6.45, 7) is 0. The number of halogens is 2. The summed E-state index contributed by atoms with van der Waals surface area (Å²) in [6, 6.07) is 16.2. The second-order valence-corrected chi connectivity index (χ2v) is 5.76. The van der Waals surface area contributed by atoms with Crippen LogP contribution in [-0.4, -0.2) is 16.7 Å². The number of nitrogens with zero attached hydrogens (tertiary/aromatic N) is 2. The first kappa shape index (κ1) is 16.3. The lowest BCUT2D eigenvalue weighted by Crippen LogP contribution is -2.19. The molecule has 6 heteroatoms. The number of rotatable bonds is 4. The van der Waals surface area contributed by atoms with E-state index in [4.69, 9.17) is 23.2 Å². The first-order valence-electron chi connectivity index (χ1n) is 7.16. The lowest BCUT2D eigenvalue weighted by Gasteiger charge is -2.09. The molecule has 1 heterocycles. The molecule has 0 spiro atoms. The molecule has 0 aliphatic carbocycles. The summed E-state index contributed by atoms with van der Waals surface area (Å²) in [5.41, 5.74) is 4.34. The van der Waals surface area contributed by atoms with E-state index in [0.29, 0.717) is 21.2 Å². The normalized spacial score (nSPS) is 10.9. The van der Waals surface area contributed by atoms with Crippen LogP contribution in [0.3, 0.4) is 0 Å². The molecule has 3 aromatic rings. The fraction of sp³-hybridized carbons (Fsp3) is 0. The van der Waals surface area contributed by atoms with Crippen molar-refractivity contribution in [1.29, 1.82) is 0 Å². The molecule has 4 nitrogen and oxygen atoms in total. The molecular formula is C18H13Cl2N3O. The Balaban J connectivity index is 1.81. The number of carbonyl (C=O) groups excluding carboxylic acids is 1. The van der Waals surface area contributed by atoms with Crippen LogP contribution in [0.1, 0.15) is 15.9 Å². The van der Waals surface area contributed by atoms with E-state index in [9.17, 15) is 4.79 Å². The van der Waals surface area contributed by atoms with Gasteiger partial charge in [-0.2, -0.15) is 5.10 Å². The Bertz CT molecular complexity index is 869. The molecule has 0 unspecified atom stereocenters. The monoisotopic (exact) mass is 357 g/mol. The lowest BCUT2D eigenvalue weighted by atomic mass is 10.1. The summed E-state index contributed by atoms with van der Waals surface area (Å²) >= 11 is 12.1. The maximum Gasteiger partial charge on any atom is 0.273 e. The van der Waals surface area contributed by atoms with E-state index in [2.05, 4.69) is 10.5 Å². The minimum atomic E-state index is -0.321. The Kier molecular flexibility index (Phi) is 4.99. The van der Waals surface area contributed by atoms with Crippen LogP contribution >= 0.6 is 23.2 Å². The Morgan fingerprint density at radius 1 is 0.958 bits per heavy atom. The molecule has 24 heavy (non-hydrogen) atoms. The van der Waals surface area contributed by atoms with E-state index in [-0.39, 0.29) is 5.91 Å². The van der Waals surface area contributed by atoms with Crippen molar-refractivity contribution in [3.8, 4) is 5.69 Å². The number of hydrogen-bond donors (Lipinski definition) is 1. The highest BCUT2D eigenvalue weighted by Gasteiger charge is 2.11. The molecule has 0 radical (unpaired) electrons. The van der Waals surface area contributed by atoms with Crippen LogP contribution in [0.15, 0.2) is 72.1 Å². The van der Waals surface area contributed by atoms with E-state index < -0.39 is 0 Å². The van der Waals surface area contributed by atoms with Gasteiger partial charge in [-0.3, -0.25) is 4.79 Å². The van der Waals surface area contributed by atoms with Crippen molar-refractivity contribution in [2.75, 3.05) is 0 Å². The zero-order chi connectivity index (χ0) is 16.9. The number of hydrazone groups is 1. The minimum absolute atomic E-state index is 0.321. The quantitative estimate of drug-likeness (QED) is 0.540. The van der Waals surface area contributed by atoms with E-state index in [1.807, 2.05) is 41.2 Å². The first-order valence-corrected chi connectivity index (χ1v) is 7.92. The summed E-state index contributed by atoms with van der Waals surface area (Å²) in [6.07, 6.45) is 5.18. The van der Waals surface area contributed by atoms with Crippen molar-refractivity contribution >= 4 is 35.3 Å². The highest BCUT2D eigenvalue weighted by Crippen LogP contribution is 2.22. The van der Waals surface area contributed by atoms with E-state index in [1.165, 1.54) is 6.21 Å². The SMILES string of the molecule is O=C(N/N=C\c1c(Cl)cccc1Cl)c1ccccc1-n1cccc1. The standard InChI is InChI=1S/C18H13Cl2N3O/c19-15-7-5-8-16(20)14(15)12-21-22-18(24)13-6-1-2-9-17(13)23-10-3-4-11-23/h1-12H,(H,22,24)/b21-12-. The van der Waals surface area contributed by atoms with Crippen molar-refractivity contribution in [2.45, 2.75) is 0 Å². The maximum absolute atomic E-state index is 12.4. The zero-order valence-electron chi connectivity index (χ0n) is 12.5. The van der Waals surface area contributed by atoms with Crippen molar-refractivity contribution in [3.05, 3.63) is 88.2 Å². The van der Waals surface area contributed by atoms with Gasteiger partial charge in [0.1, 0.15) is 0 Å². The molecule has 0 atom stereocenters. The first-order chi connectivity index (χ1) is 11.7. The number of hydrogen-bond acceptors (Lipinski definition) is 2. The average Bonchev–Trinajstić information content (AvgIpc) is 3.12. The predicted octanol–water partition coefficient (Wildman–Crippen LogP) is 4.55. The minimum Gasteiger partial charge on any atom is -0.323 e. The third kappa shape index (κ3) is 3.50. The van der Waals surface area contributed by atoms with Crippen molar-refractivity contribution < 1.29 is 4.79 Å². The summed E-state index contributed by atoms with van der Waals surface area (Å²) in [7, 11) is 0. The molecule has 0 bridgehead atoms. The highest BCUT2D eigenvalue weighted by atomic mass is 35.5. The van der Waals surface area contributed by atoms with Gasteiger partial charge in [0.15, 0.2) is 0 Å². The number of aromatic nitrogens is 1. The fourth-order valence-electron chi connectivity index (χ4n) is 2.24. The summed E-state index contributed by atoms with van der Waals surface area (Å²) in [5, 5.41) is 4.89. The van der Waals surface area contributed by atoms with Gasteiger partial charge in [0.05, 0.1) is 27.5 Å². The predicted molar refractivity (Wildman–Crippen MR) is 97.3 cm³/mol. The molecule has 0 aliphatic heterocycles. The zero-order valence-corrected chi connectivity index (χ0v) is 14.0. The highest BCUT2D eigenvalue weighted by molar-refractivity contribution is 6.38. The summed E-state index contributed by atoms with van der Waals surface area (Å²) in [5.74, 6) is -0.321. The third-order valence-corrected chi connectivity index (χ3v) is 4.05. The van der Waals surface area contributed by atoms with Gasteiger partial charge in [-0.05, 0) is 36.4 Å². The largest absolute Gasteiger partial charge is 0.323 e. The molecule has 1 aromatic heterocycles. The summed E-state index contributed by atoms with van der Waals surface area (Å²) < 4.78 is 1.86. The molecule has 1 amide bonds. The molecular weight excluding hydrogens is 345 g/mol. The molecule has 0 saturated carbocycles. The number of nitrogens with one attached hydrogen (secondary N) is 1. The molecule has 0 saturated heterocycles. The fourth-order valence-corrected chi connectivity index (χ4v) is 2.73. The number of benzene rings is 2. The van der Waals surface area contributed by atoms with Gasteiger partial charge < -0.3 is 4.57 Å². The van der Waals surface area contributed by atoms with Crippen LogP contribution in [0.5, 0.6) is 0 Å². The van der Waals surface area contributed by atoms with Gasteiger partial charge in [-0.1, -0.05) is 41.4 Å². The molecule has 2 aromatic carbocycles. The lowest BCUT2D eigenvalue weighted by molar-refractivity contribution is 0.0955. The third-order valence-electron chi connectivity index (χ3n) is 3.39. The Morgan fingerprint density at radius 2 is 1.62 bits per heavy atom. The van der Waals surface area contributed by atoms with Crippen molar-refractivity contribution in [2.24, 2.45) is 5.10 Å². The Morgan fingerprint density at radius 3 is 2.33 bits per heavy atom. The van der Waals surface area contributed by atoms with Crippen LogP contribution in [0.25, 0.3) is 5.69 Å².